The van der Waals surface area contributed by atoms with Gasteiger partial charge in [0.15, 0.2) is 5.75 Å². The van der Waals surface area contributed by atoms with Crippen molar-refractivity contribution in [1.82, 2.24) is 0 Å². The molecule has 1 rings (SSSR count). The molecule has 0 aromatic heterocycles. The van der Waals surface area contributed by atoms with E-state index in [2.05, 4.69) is 4.74 Å². The second-order valence-corrected chi connectivity index (χ2v) is 7.72. The van der Waals surface area contributed by atoms with Gasteiger partial charge in [0, 0.05) is 5.02 Å². The molecule has 0 saturated carbocycles. The minimum atomic E-state index is -1.71. The summed E-state index contributed by atoms with van der Waals surface area (Å²) in [6, 6.07) is 2.74. The first kappa shape index (κ1) is 19.9. The molecule has 0 aliphatic rings. The maximum Gasteiger partial charge on any atom is 0.311 e. The summed E-state index contributed by atoms with van der Waals surface area (Å²) >= 11 is 33.7. The monoisotopic (exact) mass is 426 g/mol. The van der Waals surface area contributed by atoms with Gasteiger partial charge in [-0.05, 0) is 12.1 Å². The third-order valence-electron chi connectivity index (χ3n) is 2.11. The van der Waals surface area contributed by atoms with Crippen LogP contribution in [0.25, 0.3) is 0 Å². The van der Waals surface area contributed by atoms with E-state index in [0.717, 1.165) is 0 Å². The number of halogens is 6. The molecule has 0 radical (unpaired) electrons. The quantitative estimate of drug-likeness (QED) is 0.365. The molecule has 0 unspecified atom stereocenters. The Morgan fingerprint density at radius 2 is 1.45 bits per heavy atom. The maximum atomic E-state index is 11.6. The first-order chi connectivity index (χ1) is 10.1. The van der Waals surface area contributed by atoms with Crippen molar-refractivity contribution in [2.45, 2.75) is 16.6 Å². The number of carbonyl (C=O) groups excluding carboxylic acids is 2. The van der Waals surface area contributed by atoms with Crippen LogP contribution in [0.2, 0.25) is 15.1 Å². The second kappa shape index (κ2) is 8.67. The standard InChI is InChI=1S/C12H8Cl6O4/c13-6-3-7(14)11(8(15)4-6)22-10(20)2-1-9(19)21-5-12(16,17)18/h3-4H,1-2,5H2. The molecule has 1 aromatic rings. The van der Waals surface area contributed by atoms with E-state index in [-0.39, 0.29) is 28.6 Å². The summed E-state index contributed by atoms with van der Waals surface area (Å²) in [5, 5.41) is 0.444. The van der Waals surface area contributed by atoms with E-state index in [9.17, 15) is 9.59 Å². The van der Waals surface area contributed by atoms with Crippen molar-refractivity contribution in [1.29, 1.82) is 0 Å². The Morgan fingerprint density at radius 1 is 0.955 bits per heavy atom. The van der Waals surface area contributed by atoms with Crippen LogP contribution < -0.4 is 4.74 Å². The molecular formula is C12H8Cl6O4. The van der Waals surface area contributed by atoms with Crippen molar-refractivity contribution < 1.29 is 19.1 Å². The number of hydrogen-bond donors (Lipinski definition) is 0. The molecule has 0 atom stereocenters. The van der Waals surface area contributed by atoms with Gasteiger partial charge in [-0.3, -0.25) is 9.59 Å². The number of benzene rings is 1. The molecule has 0 amide bonds. The molecule has 0 spiro atoms. The van der Waals surface area contributed by atoms with E-state index in [1.807, 2.05) is 0 Å². The van der Waals surface area contributed by atoms with Crippen molar-refractivity contribution in [3.63, 3.8) is 0 Å². The van der Waals surface area contributed by atoms with Gasteiger partial charge in [0.05, 0.1) is 22.9 Å². The lowest BCUT2D eigenvalue weighted by atomic mass is 10.3. The Morgan fingerprint density at radius 3 is 1.95 bits per heavy atom. The Hall–Kier alpha value is -0.100. The highest BCUT2D eigenvalue weighted by molar-refractivity contribution is 6.67. The SMILES string of the molecule is O=C(CCC(=O)Oc1c(Cl)cc(Cl)cc1Cl)OCC(Cl)(Cl)Cl. The van der Waals surface area contributed by atoms with Crippen LogP contribution in [0.1, 0.15) is 12.8 Å². The summed E-state index contributed by atoms with van der Waals surface area (Å²) in [7, 11) is 0. The van der Waals surface area contributed by atoms with Crippen molar-refractivity contribution >= 4 is 81.5 Å². The largest absolute Gasteiger partial charge is 0.461 e. The highest BCUT2D eigenvalue weighted by atomic mass is 35.6. The minimum Gasteiger partial charge on any atom is -0.461 e. The third-order valence-corrected chi connectivity index (χ3v) is 3.22. The fraction of sp³-hybridized carbons (Fsp3) is 0.333. The first-order valence-corrected chi connectivity index (χ1v) is 7.93. The first-order valence-electron chi connectivity index (χ1n) is 5.66. The maximum absolute atomic E-state index is 11.6. The number of esters is 2. The Kier molecular flexibility index (Phi) is 7.86. The average molecular weight is 429 g/mol. The summed E-state index contributed by atoms with van der Waals surface area (Å²) in [4.78, 5) is 23.0. The predicted octanol–water partition coefficient (Wildman–Crippen LogP) is 5.25. The van der Waals surface area contributed by atoms with E-state index in [1.165, 1.54) is 12.1 Å². The lowest BCUT2D eigenvalue weighted by molar-refractivity contribution is -0.146. The Balaban J connectivity index is 2.49. The van der Waals surface area contributed by atoms with Crippen LogP contribution >= 0.6 is 69.6 Å². The number of alkyl halides is 3. The van der Waals surface area contributed by atoms with Gasteiger partial charge in [-0.1, -0.05) is 69.6 Å². The predicted molar refractivity (Wildman–Crippen MR) is 87.6 cm³/mol. The van der Waals surface area contributed by atoms with Crippen molar-refractivity contribution in [2.75, 3.05) is 6.61 Å². The van der Waals surface area contributed by atoms with Gasteiger partial charge in [0.1, 0.15) is 6.61 Å². The molecular weight excluding hydrogens is 421 g/mol. The van der Waals surface area contributed by atoms with E-state index < -0.39 is 22.3 Å². The average Bonchev–Trinajstić information content (AvgIpc) is 2.37. The van der Waals surface area contributed by atoms with E-state index in [1.54, 1.807) is 0 Å². The van der Waals surface area contributed by atoms with Gasteiger partial charge in [0.25, 0.3) is 0 Å². The molecule has 122 valence electrons. The Labute approximate surface area is 156 Å². The third kappa shape index (κ3) is 7.44. The summed E-state index contributed by atoms with van der Waals surface area (Å²) in [6.45, 7) is -0.416. The van der Waals surface area contributed by atoms with Gasteiger partial charge in [-0.25, -0.2) is 0 Å². The van der Waals surface area contributed by atoms with E-state index in [0.29, 0.717) is 5.02 Å². The fourth-order valence-corrected chi connectivity index (χ4v) is 2.29. The summed E-state index contributed by atoms with van der Waals surface area (Å²) in [5.41, 5.74) is 0. The van der Waals surface area contributed by atoms with Crippen LogP contribution in [0.5, 0.6) is 5.75 Å². The minimum absolute atomic E-state index is 0.0348. The topological polar surface area (TPSA) is 52.6 Å². The molecule has 1 aromatic carbocycles. The molecule has 0 fully saturated rings. The van der Waals surface area contributed by atoms with Crippen LogP contribution in [-0.2, 0) is 14.3 Å². The van der Waals surface area contributed by atoms with Crippen LogP contribution in [0.15, 0.2) is 12.1 Å². The summed E-state index contributed by atoms with van der Waals surface area (Å²) in [6.07, 6.45) is -0.504. The molecule has 0 saturated heterocycles. The molecule has 0 N–H and O–H groups in total. The zero-order chi connectivity index (χ0) is 16.9. The zero-order valence-corrected chi connectivity index (χ0v) is 15.2. The number of hydrogen-bond acceptors (Lipinski definition) is 4. The van der Waals surface area contributed by atoms with Gasteiger partial charge in [0.2, 0.25) is 3.79 Å². The molecule has 4 nitrogen and oxygen atoms in total. The Bertz CT molecular complexity index is 546. The molecule has 0 aliphatic heterocycles. The zero-order valence-electron chi connectivity index (χ0n) is 10.7. The summed E-state index contributed by atoms with van der Waals surface area (Å²) < 4.78 is 7.93. The number of ether oxygens (including phenoxy) is 2. The highest BCUT2D eigenvalue weighted by Gasteiger charge is 2.22. The number of rotatable bonds is 5. The molecule has 0 heterocycles. The van der Waals surface area contributed by atoms with Crippen LogP contribution in [0.3, 0.4) is 0 Å². The van der Waals surface area contributed by atoms with Crippen molar-refractivity contribution in [2.24, 2.45) is 0 Å². The van der Waals surface area contributed by atoms with Gasteiger partial charge < -0.3 is 9.47 Å². The lowest BCUT2D eigenvalue weighted by Crippen LogP contribution is -2.18. The van der Waals surface area contributed by atoms with Crippen molar-refractivity contribution in [3.05, 3.63) is 27.2 Å². The normalized spacial score (nSPS) is 11.2. The summed E-state index contributed by atoms with van der Waals surface area (Å²) in [5.74, 6) is -1.47. The fourth-order valence-electron chi connectivity index (χ4n) is 1.23. The van der Waals surface area contributed by atoms with E-state index in [4.69, 9.17) is 74.3 Å². The van der Waals surface area contributed by atoms with Crippen LogP contribution in [0.4, 0.5) is 0 Å². The van der Waals surface area contributed by atoms with E-state index >= 15 is 0 Å². The molecule has 22 heavy (non-hydrogen) atoms. The van der Waals surface area contributed by atoms with Crippen LogP contribution in [0, 0.1) is 0 Å². The van der Waals surface area contributed by atoms with Crippen LogP contribution in [-0.4, -0.2) is 22.3 Å². The smallest absolute Gasteiger partial charge is 0.311 e. The molecule has 10 heteroatoms. The van der Waals surface area contributed by atoms with Gasteiger partial charge in [-0.2, -0.15) is 0 Å². The number of carbonyl (C=O) groups is 2. The lowest BCUT2D eigenvalue weighted by Gasteiger charge is -2.11. The van der Waals surface area contributed by atoms with Gasteiger partial charge in [-0.15, -0.1) is 0 Å². The second-order valence-electron chi connectivity index (χ2n) is 3.95. The van der Waals surface area contributed by atoms with Gasteiger partial charge >= 0.3 is 11.9 Å². The molecule has 0 aliphatic carbocycles. The molecule has 0 bridgehead atoms. The van der Waals surface area contributed by atoms with Crippen molar-refractivity contribution in [3.8, 4) is 5.75 Å². The highest BCUT2D eigenvalue weighted by Crippen LogP contribution is 2.36.